The monoisotopic (exact) mass is 592 g/mol. The molecule has 0 saturated heterocycles. The van der Waals surface area contributed by atoms with Gasteiger partial charge < -0.3 is 21.3 Å². The molecule has 0 aliphatic heterocycles. The molecular weight excluding hydrogens is 556 g/mol. The van der Waals surface area contributed by atoms with Crippen molar-refractivity contribution < 1.29 is 0 Å². The van der Waals surface area contributed by atoms with Gasteiger partial charge >= 0.3 is 0 Å². The molecule has 0 aliphatic carbocycles. The van der Waals surface area contributed by atoms with Gasteiger partial charge in [0.1, 0.15) is 0 Å². The quantitative estimate of drug-likeness (QED) is 0.206. The Kier molecular flexibility index (Phi) is 54.4. The van der Waals surface area contributed by atoms with Crippen LogP contribution in [0.3, 0.4) is 0 Å². The van der Waals surface area contributed by atoms with Gasteiger partial charge in [-0.25, -0.2) is 0 Å². The fraction of sp³-hybridized carbons (Fsp3) is 1.00. The van der Waals surface area contributed by atoms with Crippen molar-refractivity contribution in [3.05, 3.63) is 0 Å². The van der Waals surface area contributed by atoms with Gasteiger partial charge in [-0.3, -0.25) is 0 Å². The third kappa shape index (κ3) is 35.7. The lowest BCUT2D eigenvalue weighted by Crippen LogP contribution is -2.25. The Balaban J connectivity index is -0.000000270. The first kappa shape index (κ1) is 35.8. The molecule has 0 fully saturated rings. The van der Waals surface area contributed by atoms with E-state index in [-0.39, 0.29) is 67.9 Å². The summed E-state index contributed by atoms with van der Waals surface area (Å²) < 4.78 is 0. The summed E-state index contributed by atoms with van der Waals surface area (Å²) in [5.41, 5.74) is 0. The van der Waals surface area contributed by atoms with Gasteiger partial charge in [0.2, 0.25) is 0 Å². The van der Waals surface area contributed by atoms with Crippen LogP contribution in [0.15, 0.2) is 0 Å². The minimum atomic E-state index is 0. The normalized spacial score (nSPS) is 9.13. The van der Waals surface area contributed by atoms with E-state index in [9.17, 15) is 0 Å². The van der Waals surface area contributed by atoms with Crippen LogP contribution in [0.5, 0.6) is 0 Å². The van der Waals surface area contributed by atoms with E-state index in [1.807, 2.05) is 0 Å². The Morgan fingerprint density at radius 2 is 0.696 bits per heavy atom. The summed E-state index contributed by atoms with van der Waals surface area (Å²) in [6.45, 7) is 13.4. The van der Waals surface area contributed by atoms with Crippen molar-refractivity contribution in [3.8, 4) is 0 Å². The third-order valence-electron chi connectivity index (χ3n) is 3.12. The molecule has 0 bridgehead atoms. The van der Waals surface area contributed by atoms with Crippen LogP contribution < -0.4 is 21.3 Å². The largest absolute Gasteiger partial charge is 0.317 e. The Labute approximate surface area is 186 Å². The lowest BCUT2D eigenvalue weighted by molar-refractivity contribution is 0.548. The highest BCUT2D eigenvalue weighted by molar-refractivity contribution is 8.93. The predicted molar refractivity (Wildman–Crippen MR) is 127 cm³/mol. The summed E-state index contributed by atoms with van der Waals surface area (Å²) in [6.07, 6.45) is 6.42. The number of hydrogen-bond acceptors (Lipinski definition) is 4. The van der Waals surface area contributed by atoms with Crippen LogP contribution in [-0.2, 0) is 0 Å². The first-order valence-electron chi connectivity index (χ1n) is 8.24. The van der Waals surface area contributed by atoms with E-state index in [0.29, 0.717) is 0 Å². The van der Waals surface area contributed by atoms with Crippen molar-refractivity contribution in [1.82, 2.24) is 21.3 Å². The molecule has 0 atom stereocenters. The predicted octanol–water partition coefficient (Wildman–Crippen LogP) is 3.65. The van der Waals surface area contributed by atoms with Gasteiger partial charge in [-0.1, -0.05) is 20.3 Å². The third-order valence-corrected chi connectivity index (χ3v) is 3.12. The van der Waals surface area contributed by atoms with Crippen LogP contribution in [0, 0.1) is 0 Å². The molecule has 0 amide bonds. The molecule has 4 nitrogen and oxygen atoms in total. The van der Waals surface area contributed by atoms with Crippen LogP contribution in [0.2, 0.25) is 0 Å². The molecule has 148 valence electrons. The second kappa shape index (κ2) is 35.0. The smallest absolute Gasteiger partial charge is 0.00368 e. The Morgan fingerprint density at radius 1 is 0.391 bits per heavy atom. The molecule has 0 saturated carbocycles. The van der Waals surface area contributed by atoms with Gasteiger partial charge in [-0.2, -0.15) is 0 Å². The summed E-state index contributed by atoms with van der Waals surface area (Å²) in [5.74, 6) is 0. The maximum atomic E-state index is 3.51. The molecule has 0 radical (unpaired) electrons. The average Bonchev–Trinajstić information content (AvgIpc) is 2.43. The van der Waals surface area contributed by atoms with Crippen LogP contribution in [0.4, 0.5) is 0 Å². The van der Waals surface area contributed by atoms with Gasteiger partial charge in [0.25, 0.3) is 0 Å². The zero-order valence-corrected chi connectivity index (χ0v) is 21.7. The van der Waals surface area contributed by atoms with Crippen molar-refractivity contribution in [2.24, 2.45) is 0 Å². The van der Waals surface area contributed by atoms with Crippen molar-refractivity contribution in [2.45, 2.75) is 46.0 Å². The maximum absolute atomic E-state index is 3.51. The highest BCUT2D eigenvalue weighted by Gasteiger charge is 1.91. The maximum Gasteiger partial charge on any atom is -0.00368 e. The summed E-state index contributed by atoms with van der Waals surface area (Å²) in [7, 11) is 0. The lowest BCUT2D eigenvalue weighted by atomic mass is 10.2. The van der Waals surface area contributed by atoms with Gasteiger partial charge in [-0.05, 0) is 78.0 Å². The van der Waals surface area contributed by atoms with E-state index in [1.165, 1.54) is 45.2 Å². The Bertz CT molecular complexity index is 152. The van der Waals surface area contributed by atoms with Crippen molar-refractivity contribution in [3.63, 3.8) is 0 Å². The van der Waals surface area contributed by atoms with E-state index in [1.54, 1.807) is 0 Å². The summed E-state index contributed by atoms with van der Waals surface area (Å²) in [5, 5.41) is 13.7. The van der Waals surface area contributed by atoms with E-state index >= 15 is 0 Å². The van der Waals surface area contributed by atoms with Crippen LogP contribution in [0.1, 0.15) is 46.0 Å². The number of nitrogens with one attached hydrogen (secondary N) is 4. The van der Waals surface area contributed by atoms with E-state index < -0.39 is 0 Å². The van der Waals surface area contributed by atoms with Crippen LogP contribution in [0.25, 0.3) is 0 Å². The average molecular weight is 596 g/mol. The molecule has 0 aliphatic rings. The molecule has 0 aromatic carbocycles. The Morgan fingerprint density at radius 3 is 1.09 bits per heavy atom. The lowest BCUT2D eigenvalue weighted by Gasteiger charge is -2.07. The first-order chi connectivity index (χ1) is 9.41. The van der Waals surface area contributed by atoms with Gasteiger partial charge in [0, 0.05) is 0 Å². The van der Waals surface area contributed by atoms with E-state index in [2.05, 4.69) is 35.1 Å². The summed E-state index contributed by atoms with van der Waals surface area (Å²) >= 11 is 0. The Hall–Kier alpha value is 1.76. The SMILES string of the molecule is Br.Br.Br.Br.CCNCCCCCNCCCNCCCNCC. The fourth-order valence-electron chi connectivity index (χ4n) is 1.96. The van der Waals surface area contributed by atoms with Crippen molar-refractivity contribution in [2.75, 3.05) is 52.4 Å². The topological polar surface area (TPSA) is 48.1 Å². The summed E-state index contributed by atoms with van der Waals surface area (Å²) in [6, 6.07) is 0. The second-order valence-corrected chi connectivity index (χ2v) is 4.97. The number of hydrogen-bond donors (Lipinski definition) is 4. The minimum absolute atomic E-state index is 0. The highest BCUT2D eigenvalue weighted by Crippen LogP contribution is 1.92. The van der Waals surface area contributed by atoms with Crippen LogP contribution in [-0.4, -0.2) is 52.4 Å². The molecule has 0 heterocycles. The molecule has 4 N–H and O–H groups in total. The van der Waals surface area contributed by atoms with E-state index in [0.717, 1.165) is 39.3 Å². The molecule has 0 unspecified atom stereocenters. The van der Waals surface area contributed by atoms with E-state index in [4.69, 9.17) is 0 Å². The number of halogens is 4. The van der Waals surface area contributed by atoms with Gasteiger partial charge in [0.05, 0.1) is 0 Å². The van der Waals surface area contributed by atoms with Gasteiger partial charge in [-0.15, -0.1) is 67.9 Å². The zero-order chi connectivity index (χ0) is 14.0. The standard InChI is InChI=1S/C15H36N4.4BrH/c1-3-16-10-6-5-7-11-18-14-9-15-19-13-8-12-17-4-2;;;;/h16-19H,3-15H2,1-2H3;4*1H. The molecule has 0 rings (SSSR count). The highest BCUT2D eigenvalue weighted by atomic mass is 79.9. The molecule has 23 heavy (non-hydrogen) atoms. The fourth-order valence-corrected chi connectivity index (χ4v) is 1.96. The minimum Gasteiger partial charge on any atom is -0.317 e. The molecule has 8 heteroatoms. The molecule has 0 aromatic rings. The summed E-state index contributed by atoms with van der Waals surface area (Å²) in [4.78, 5) is 0. The van der Waals surface area contributed by atoms with Crippen LogP contribution >= 0.6 is 67.9 Å². The number of unbranched alkanes of at least 4 members (excludes halogenated alkanes) is 2. The first-order valence-corrected chi connectivity index (χ1v) is 8.24. The van der Waals surface area contributed by atoms with Crippen molar-refractivity contribution in [1.29, 1.82) is 0 Å². The zero-order valence-electron chi connectivity index (χ0n) is 14.8. The number of rotatable bonds is 16. The van der Waals surface area contributed by atoms with Crippen molar-refractivity contribution >= 4 is 67.9 Å². The van der Waals surface area contributed by atoms with Gasteiger partial charge in [0.15, 0.2) is 0 Å². The second-order valence-electron chi connectivity index (χ2n) is 4.97. The molecule has 0 aromatic heterocycles. The molecule has 0 spiro atoms. The molecular formula is C15H40Br4N4.